The van der Waals surface area contributed by atoms with E-state index in [0.717, 1.165) is 19.3 Å². The highest BCUT2D eigenvalue weighted by Gasteiger charge is 2.33. The predicted octanol–water partition coefficient (Wildman–Crippen LogP) is 0.602. The lowest BCUT2D eigenvalue weighted by Gasteiger charge is -2.28. The molecular formula is C12H24N2O3S. The fourth-order valence-electron chi connectivity index (χ4n) is 2.96. The zero-order valence-corrected chi connectivity index (χ0v) is 11.6. The van der Waals surface area contributed by atoms with E-state index in [4.69, 9.17) is 10.5 Å². The van der Waals surface area contributed by atoms with Crippen LogP contribution in [0.2, 0.25) is 0 Å². The van der Waals surface area contributed by atoms with Crippen LogP contribution in [0.1, 0.15) is 38.5 Å². The molecule has 1 saturated heterocycles. The van der Waals surface area contributed by atoms with E-state index in [-0.39, 0.29) is 6.04 Å². The van der Waals surface area contributed by atoms with Gasteiger partial charge in [0.05, 0.1) is 11.9 Å². The highest BCUT2D eigenvalue weighted by Crippen LogP contribution is 2.28. The largest absolute Gasteiger partial charge is 0.380 e. The molecule has 0 amide bonds. The van der Waals surface area contributed by atoms with Crippen molar-refractivity contribution in [3.63, 3.8) is 0 Å². The molecule has 3 N–H and O–H groups in total. The fraction of sp³-hybridized carbons (Fsp3) is 1.00. The Labute approximate surface area is 110 Å². The number of rotatable bonds is 5. The van der Waals surface area contributed by atoms with E-state index < -0.39 is 15.3 Å². The van der Waals surface area contributed by atoms with Gasteiger partial charge < -0.3 is 10.5 Å². The van der Waals surface area contributed by atoms with Crippen molar-refractivity contribution < 1.29 is 13.2 Å². The molecule has 2 unspecified atom stereocenters. The van der Waals surface area contributed by atoms with E-state index in [1.807, 2.05) is 0 Å². The number of sulfonamides is 1. The van der Waals surface area contributed by atoms with Crippen molar-refractivity contribution in [2.24, 2.45) is 11.7 Å². The normalized spacial score (nSPS) is 28.4. The molecule has 1 aliphatic heterocycles. The highest BCUT2D eigenvalue weighted by atomic mass is 32.2. The van der Waals surface area contributed by atoms with Crippen molar-refractivity contribution in [2.75, 3.05) is 19.8 Å². The lowest BCUT2D eigenvalue weighted by atomic mass is 9.99. The van der Waals surface area contributed by atoms with Crippen LogP contribution in [0.15, 0.2) is 0 Å². The van der Waals surface area contributed by atoms with Crippen molar-refractivity contribution in [1.29, 1.82) is 0 Å². The van der Waals surface area contributed by atoms with Crippen molar-refractivity contribution in [1.82, 2.24) is 4.72 Å². The molecular weight excluding hydrogens is 252 g/mol. The van der Waals surface area contributed by atoms with Crippen LogP contribution < -0.4 is 10.5 Å². The molecule has 1 heterocycles. The molecule has 0 aromatic rings. The second kappa shape index (κ2) is 6.32. The van der Waals surface area contributed by atoms with E-state index in [1.165, 1.54) is 12.8 Å². The van der Waals surface area contributed by atoms with E-state index in [0.29, 0.717) is 32.1 Å². The van der Waals surface area contributed by atoms with E-state index in [9.17, 15) is 8.42 Å². The van der Waals surface area contributed by atoms with E-state index in [1.54, 1.807) is 0 Å². The summed E-state index contributed by atoms with van der Waals surface area (Å²) in [4.78, 5) is 0. The average Bonchev–Trinajstić information content (AvgIpc) is 2.91. The molecule has 2 rings (SSSR count). The molecule has 2 atom stereocenters. The lowest BCUT2D eigenvalue weighted by molar-refractivity contribution is 0.0986. The highest BCUT2D eigenvalue weighted by molar-refractivity contribution is 7.90. The van der Waals surface area contributed by atoms with Gasteiger partial charge in [-0.15, -0.1) is 0 Å². The number of hydrogen-bond acceptors (Lipinski definition) is 4. The summed E-state index contributed by atoms with van der Waals surface area (Å²) in [6, 6.07) is -0.0978. The minimum absolute atomic E-state index is 0.0978. The van der Waals surface area contributed by atoms with Crippen LogP contribution in [0.4, 0.5) is 0 Å². The van der Waals surface area contributed by atoms with Crippen LogP contribution in [0, 0.1) is 5.92 Å². The van der Waals surface area contributed by atoms with Crippen LogP contribution >= 0.6 is 0 Å². The topological polar surface area (TPSA) is 81.4 Å². The van der Waals surface area contributed by atoms with Crippen LogP contribution in [0.3, 0.4) is 0 Å². The third-order valence-electron chi connectivity index (χ3n) is 4.10. The molecule has 5 nitrogen and oxygen atoms in total. The van der Waals surface area contributed by atoms with E-state index in [2.05, 4.69) is 4.72 Å². The maximum atomic E-state index is 12.3. The molecule has 0 radical (unpaired) electrons. The monoisotopic (exact) mass is 276 g/mol. The van der Waals surface area contributed by atoms with Gasteiger partial charge in [-0.05, 0) is 31.6 Å². The molecule has 1 saturated carbocycles. The number of hydrogen-bond donors (Lipinski definition) is 2. The Morgan fingerprint density at radius 2 is 1.94 bits per heavy atom. The zero-order valence-electron chi connectivity index (χ0n) is 10.8. The summed E-state index contributed by atoms with van der Waals surface area (Å²) in [6.07, 6.45) is 6.07. The Hall–Kier alpha value is -0.170. The molecule has 18 heavy (non-hydrogen) atoms. The lowest BCUT2D eigenvalue weighted by Crippen LogP contribution is -2.49. The molecule has 0 bridgehead atoms. The molecule has 0 aromatic heterocycles. The minimum atomic E-state index is -3.29. The van der Waals surface area contributed by atoms with Crippen LogP contribution in [0.5, 0.6) is 0 Å². The summed E-state index contributed by atoms with van der Waals surface area (Å²) in [5.41, 5.74) is 5.73. The van der Waals surface area contributed by atoms with Crippen LogP contribution in [0.25, 0.3) is 0 Å². The van der Waals surface area contributed by atoms with Gasteiger partial charge in [0.25, 0.3) is 0 Å². The quantitative estimate of drug-likeness (QED) is 0.770. The van der Waals surface area contributed by atoms with Gasteiger partial charge >= 0.3 is 0 Å². The predicted molar refractivity (Wildman–Crippen MR) is 70.7 cm³/mol. The van der Waals surface area contributed by atoms with Crippen molar-refractivity contribution in [2.45, 2.75) is 49.8 Å². The standard InChI is InChI=1S/C12H24N2O3S/c13-8-12(10-4-1-2-5-10)14-18(15,16)11-6-3-7-17-9-11/h10-12,14H,1-9,13H2. The summed E-state index contributed by atoms with van der Waals surface area (Å²) >= 11 is 0. The Morgan fingerprint density at radius 3 is 2.50 bits per heavy atom. The van der Waals surface area contributed by atoms with Gasteiger partial charge in [-0.1, -0.05) is 12.8 Å². The Bertz CT molecular complexity index is 346. The molecule has 0 spiro atoms. The first-order chi connectivity index (χ1) is 8.63. The van der Waals surface area contributed by atoms with Gasteiger partial charge in [-0.3, -0.25) is 0 Å². The van der Waals surface area contributed by atoms with Crippen molar-refractivity contribution in [3.05, 3.63) is 0 Å². The van der Waals surface area contributed by atoms with Gasteiger partial charge in [0.1, 0.15) is 0 Å². The van der Waals surface area contributed by atoms with Crippen LogP contribution in [-0.4, -0.2) is 39.5 Å². The van der Waals surface area contributed by atoms with Gasteiger partial charge in [0, 0.05) is 19.2 Å². The molecule has 2 aliphatic rings. The van der Waals surface area contributed by atoms with Gasteiger partial charge in [0.2, 0.25) is 10.0 Å². The summed E-state index contributed by atoms with van der Waals surface area (Å²) in [5, 5.41) is -0.401. The second-order valence-corrected chi connectivity index (χ2v) is 7.38. The molecule has 2 fully saturated rings. The summed E-state index contributed by atoms with van der Waals surface area (Å²) in [6.45, 7) is 1.38. The fourth-order valence-corrected chi connectivity index (χ4v) is 4.62. The third-order valence-corrected chi connectivity index (χ3v) is 5.98. The van der Waals surface area contributed by atoms with Gasteiger partial charge in [0.15, 0.2) is 0 Å². The second-order valence-electron chi connectivity index (χ2n) is 5.39. The van der Waals surface area contributed by atoms with E-state index >= 15 is 0 Å². The molecule has 0 aromatic carbocycles. The Balaban J connectivity index is 1.96. The molecule has 1 aliphatic carbocycles. The number of nitrogens with two attached hydrogens (primary N) is 1. The van der Waals surface area contributed by atoms with Crippen molar-refractivity contribution >= 4 is 10.0 Å². The summed E-state index contributed by atoms with van der Waals surface area (Å²) in [7, 11) is -3.29. The van der Waals surface area contributed by atoms with Gasteiger partial charge in [-0.25, -0.2) is 13.1 Å². The molecule has 6 heteroatoms. The number of ether oxygens (including phenoxy) is 1. The zero-order chi connectivity index (χ0) is 13.0. The van der Waals surface area contributed by atoms with Crippen molar-refractivity contribution in [3.8, 4) is 0 Å². The minimum Gasteiger partial charge on any atom is -0.380 e. The average molecular weight is 276 g/mol. The molecule has 106 valence electrons. The first kappa shape index (κ1) is 14.2. The maximum Gasteiger partial charge on any atom is 0.217 e. The SMILES string of the molecule is NCC(NS(=O)(=O)C1CCCOC1)C1CCCC1. The Kier molecular flexibility index (Phi) is 5.00. The smallest absolute Gasteiger partial charge is 0.217 e. The first-order valence-corrected chi connectivity index (χ1v) is 8.47. The summed E-state index contributed by atoms with van der Waals surface area (Å²) in [5.74, 6) is 0.411. The first-order valence-electron chi connectivity index (χ1n) is 6.92. The Morgan fingerprint density at radius 1 is 1.22 bits per heavy atom. The third kappa shape index (κ3) is 3.44. The van der Waals surface area contributed by atoms with Gasteiger partial charge in [-0.2, -0.15) is 0 Å². The maximum absolute atomic E-state index is 12.3. The van der Waals surface area contributed by atoms with Crippen LogP contribution in [-0.2, 0) is 14.8 Å². The summed E-state index contributed by atoms with van der Waals surface area (Å²) < 4.78 is 32.6. The number of nitrogens with one attached hydrogen (secondary N) is 1.